The van der Waals surface area contributed by atoms with Crippen LogP contribution in [0.1, 0.15) is 11.3 Å². The molecule has 1 N–H and O–H groups in total. The molecule has 21 heavy (non-hydrogen) atoms. The van der Waals surface area contributed by atoms with Crippen molar-refractivity contribution in [3.05, 3.63) is 57.7 Å². The van der Waals surface area contributed by atoms with Gasteiger partial charge in [-0.2, -0.15) is 0 Å². The molecule has 0 aliphatic rings. The summed E-state index contributed by atoms with van der Waals surface area (Å²) in [6.45, 7) is 2.62. The van der Waals surface area contributed by atoms with E-state index in [0.29, 0.717) is 6.54 Å². The van der Waals surface area contributed by atoms with Crippen LogP contribution in [0.2, 0.25) is 0 Å². The topological polar surface area (TPSA) is 63.8 Å². The van der Waals surface area contributed by atoms with Gasteiger partial charge in [-0.05, 0) is 35.1 Å². The summed E-state index contributed by atoms with van der Waals surface area (Å²) in [6, 6.07) is 8.23. The first-order valence-corrected chi connectivity index (χ1v) is 7.53. The second kappa shape index (κ2) is 6.21. The fourth-order valence-corrected chi connectivity index (χ4v) is 2.41. The van der Waals surface area contributed by atoms with Crippen molar-refractivity contribution in [2.24, 2.45) is 0 Å². The first kappa shape index (κ1) is 14.0. The monoisotopic (exact) mass is 392 g/mol. The third kappa shape index (κ3) is 3.21. The van der Waals surface area contributed by atoms with Crippen LogP contribution in [0.4, 0.5) is 5.82 Å². The molecule has 0 saturated heterocycles. The molecule has 0 amide bonds. The molecule has 2 aromatic heterocycles. The fourth-order valence-electron chi connectivity index (χ4n) is 1.90. The maximum Gasteiger partial charge on any atom is 0.147 e. The Kier molecular flexibility index (Phi) is 4.14. The van der Waals surface area contributed by atoms with Crippen molar-refractivity contribution in [3.8, 4) is 11.3 Å². The van der Waals surface area contributed by atoms with E-state index < -0.39 is 0 Å². The molecule has 0 aliphatic carbocycles. The minimum Gasteiger partial charge on any atom is -0.365 e. The van der Waals surface area contributed by atoms with Crippen LogP contribution in [0.15, 0.2) is 47.4 Å². The van der Waals surface area contributed by atoms with E-state index in [-0.39, 0.29) is 0 Å². The van der Waals surface area contributed by atoms with Crippen LogP contribution in [-0.2, 0) is 6.54 Å². The van der Waals surface area contributed by atoms with Crippen molar-refractivity contribution >= 4 is 28.4 Å². The molecule has 5 nitrogen and oxygen atoms in total. The standard InChI is InChI=1S/C15H13IN4O/c1-10-14(16)15(20-21-10)12-4-2-11(3-5-12)8-19-13-9-17-6-7-18-13/h2-7,9H,8H2,1H3,(H,18,19). The van der Waals surface area contributed by atoms with Gasteiger partial charge in [-0.15, -0.1) is 0 Å². The van der Waals surface area contributed by atoms with Gasteiger partial charge in [0.15, 0.2) is 0 Å². The molecule has 0 radical (unpaired) electrons. The summed E-state index contributed by atoms with van der Waals surface area (Å²) < 4.78 is 6.25. The van der Waals surface area contributed by atoms with Crippen LogP contribution in [0.3, 0.4) is 0 Å². The summed E-state index contributed by atoms with van der Waals surface area (Å²) in [7, 11) is 0. The van der Waals surface area contributed by atoms with Crippen LogP contribution in [0.25, 0.3) is 11.3 Å². The summed E-state index contributed by atoms with van der Waals surface area (Å²) in [4.78, 5) is 8.19. The van der Waals surface area contributed by atoms with Crippen LogP contribution in [-0.4, -0.2) is 15.1 Å². The van der Waals surface area contributed by atoms with Crippen molar-refractivity contribution in [2.45, 2.75) is 13.5 Å². The molecule has 2 heterocycles. The van der Waals surface area contributed by atoms with E-state index in [0.717, 1.165) is 26.4 Å². The summed E-state index contributed by atoms with van der Waals surface area (Å²) in [5, 5.41) is 7.32. The molecule has 0 saturated carbocycles. The molecule has 1 aromatic carbocycles. The van der Waals surface area contributed by atoms with Gasteiger partial charge in [0, 0.05) is 24.5 Å². The lowest BCUT2D eigenvalue weighted by Gasteiger charge is -2.05. The van der Waals surface area contributed by atoms with Gasteiger partial charge in [0.2, 0.25) is 0 Å². The highest BCUT2D eigenvalue weighted by atomic mass is 127. The Morgan fingerprint density at radius 2 is 2.00 bits per heavy atom. The third-order valence-corrected chi connectivity index (χ3v) is 4.33. The highest BCUT2D eigenvalue weighted by molar-refractivity contribution is 14.1. The number of nitrogens with zero attached hydrogens (tertiary/aromatic N) is 3. The largest absolute Gasteiger partial charge is 0.365 e. The number of hydrogen-bond acceptors (Lipinski definition) is 5. The average Bonchev–Trinajstić information content (AvgIpc) is 2.87. The number of rotatable bonds is 4. The third-order valence-electron chi connectivity index (χ3n) is 3.06. The van der Waals surface area contributed by atoms with Crippen LogP contribution in [0.5, 0.6) is 0 Å². The predicted molar refractivity (Wildman–Crippen MR) is 88.8 cm³/mol. The summed E-state index contributed by atoms with van der Waals surface area (Å²) in [5.74, 6) is 1.61. The van der Waals surface area contributed by atoms with Crippen molar-refractivity contribution in [1.29, 1.82) is 0 Å². The number of halogens is 1. The van der Waals surface area contributed by atoms with E-state index >= 15 is 0 Å². The van der Waals surface area contributed by atoms with Gasteiger partial charge >= 0.3 is 0 Å². The summed E-state index contributed by atoms with van der Waals surface area (Å²) in [5.41, 5.74) is 3.11. The molecule has 0 aliphatic heterocycles. The zero-order valence-electron chi connectivity index (χ0n) is 11.4. The van der Waals surface area contributed by atoms with E-state index in [1.165, 1.54) is 5.56 Å². The Morgan fingerprint density at radius 3 is 2.62 bits per heavy atom. The first-order valence-electron chi connectivity index (χ1n) is 6.45. The van der Waals surface area contributed by atoms with Gasteiger partial charge < -0.3 is 9.84 Å². The molecule has 106 valence electrons. The zero-order chi connectivity index (χ0) is 14.7. The number of benzene rings is 1. The smallest absolute Gasteiger partial charge is 0.147 e. The number of aryl methyl sites for hydroxylation is 1. The molecule has 0 atom stereocenters. The van der Waals surface area contributed by atoms with E-state index in [2.05, 4.69) is 55.2 Å². The molecule has 0 fully saturated rings. The van der Waals surface area contributed by atoms with Crippen molar-refractivity contribution < 1.29 is 4.52 Å². The first-order chi connectivity index (χ1) is 10.2. The van der Waals surface area contributed by atoms with E-state index in [9.17, 15) is 0 Å². The van der Waals surface area contributed by atoms with Crippen LogP contribution < -0.4 is 5.32 Å². The van der Waals surface area contributed by atoms with Crippen LogP contribution in [0, 0.1) is 10.5 Å². The minimum atomic E-state index is 0.702. The lowest BCUT2D eigenvalue weighted by atomic mass is 10.1. The Balaban J connectivity index is 1.71. The molecule has 0 unspecified atom stereocenters. The number of aromatic nitrogens is 3. The van der Waals surface area contributed by atoms with Gasteiger partial charge in [0.25, 0.3) is 0 Å². The van der Waals surface area contributed by atoms with Gasteiger partial charge in [0.1, 0.15) is 17.3 Å². The van der Waals surface area contributed by atoms with Gasteiger partial charge in [-0.3, -0.25) is 4.98 Å². The molecule has 3 rings (SSSR count). The maximum absolute atomic E-state index is 5.20. The van der Waals surface area contributed by atoms with E-state index in [4.69, 9.17) is 4.52 Å². The molecule has 0 bridgehead atoms. The number of nitrogens with one attached hydrogen (secondary N) is 1. The second-order valence-corrected chi connectivity index (χ2v) is 5.62. The highest BCUT2D eigenvalue weighted by Crippen LogP contribution is 2.26. The van der Waals surface area contributed by atoms with E-state index in [1.54, 1.807) is 18.6 Å². The fraction of sp³-hybridized carbons (Fsp3) is 0.133. The quantitative estimate of drug-likeness (QED) is 0.687. The zero-order valence-corrected chi connectivity index (χ0v) is 13.5. The number of hydrogen-bond donors (Lipinski definition) is 1. The normalized spacial score (nSPS) is 10.6. The highest BCUT2D eigenvalue weighted by Gasteiger charge is 2.11. The summed E-state index contributed by atoms with van der Waals surface area (Å²) >= 11 is 2.25. The van der Waals surface area contributed by atoms with Crippen molar-refractivity contribution in [2.75, 3.05) is 5.32 Å². The lowest BCUT2D eigenvalue weighted by molar-refractivity contribution is 0.399. The molecular formula is C15H13IN4O. The minimum absolute atomic E-state index is 0.702. The Bertz CT molecular complexity index is 725. The average molecular weight is 392 g/mol. The van der Waals surface area contributed by atoms with Gasteiger partial charge in [0.05, 0.1) is 9.77 Å². The molecule has 0 spiro atoms. The predicted octanol–water partition coefficient (Wildman–Crippen LogP) is 3.66. The second-order valence-electron chi connectivity index (χ2n) is 4.54. The Morgan fingerprint density at radius 1 is 1.19 bits per heavy atom. The molecular weight excluding hydrogens is 379 g/mol. The van der Waals surface area contributed by atoms with Crippen molar-refractivity contribution in [3.63, 3.8) is 0 Å². The lowest BCUT2D eigenvalue weighted by Crippen LogP contribution is -2.01. The summed E-state index contributed by atoms with van der Waals surface area (Å²) in [6.07, 6.45) is 5.02. The van der Waals surface area contributed by atoms with Gasteiger partial charge in [-0.25, -0.2) is 4.98 Å². The van der Waals surface area contributed by atoms with Crippen molar-refractivity contribution in [1.82, 2.24) is 15.1 Å². The molecule has 6 heteroatoms. The maximum atomic E-state index is 5.20. The Labute approximate surface area is 135 Å². The SMILES string of the molecule is Cc1onc(-c2ccc(CNc3cnccn3)cc2)c1I. The van der Waals surface area contributed by atoms with Crippen LogP contribution >= 0.6 is 22.6 Å². The van der Waals surface area contributed by atoms with Gasteiger partial charge in [-0.1, -0.05) is 29.4 Å². The molecule has 3 aromatic rings. The Hall–Kier alpha value is -1.96. The van der Waals surface area contributed by atoms with E-state index in [1.807, 2.05) is 19.1 Å². The number of anilines is 1.